The summed E-state index contributed by atoms with van der Waals surface area (Å²) >= 11 is 0. The van der Waals surface area contributed by atoms with Crippen molar-refractivity contribution in [3.05, 3.63) is 11.9 Å². The summed E-state index contributed by atoms with van der Waals surface area (Å²) in [6.45, 7) is 2.65. The van der Waals surface area contributed by atoms with Crippen LogP contribution in [0.3, 0.4) is 0 Å². The fraction of sp³-hybridized carbons (Fsp3) is 0.800. The molecule has 1 heterocycles. The van der Waals surface area contributed by atoms with Gasteiger partial charge in [-0.25, -0.2) is 4.68 Å². The average molecular weight is 250 g/mol. The third kappa shape index (κ3) is 4.33. The Morgan fingerprint density at radius 3 is 2.71 bits per heavy atom. The predicted molar refractivity (Wildman–Crippen MR) is 57.4 cm³/mol. The summed E-state index contributed by atoms with van der Waals surface area (Å²) in [5, 5.41) is 10.5. The number of halogens is 3. The first-order chi connectivity index (χ1) is 7.98. The lowest BCUT2D eigenvalue weighted by molar-refractivity contribution is -0.136. The summed E-state index contributed by atoms with van der Waals surface area (Å²) in [5.41, 5.74) is 0.707. The third-order valence-corrected chi connectivity index (χ3v) is 2.51. The van der Waals surface area contributed by atoms with Crippen molar-refractivity contribution >= 4 is 0 Å². The van der Waals surface area contributed by atoms with Gasteiger partial charge in [-0.2, -0.15) is 13.2 Å². The Morgan fingerprint density at radius 1 is 1.47 bits per heavy atom. The second-order valence-corrected chi connectivity index (χ2v) is 3.88. The van der Waals surface area contributed by atoms with Gasteiger partial charge in [0.2, 0.25) is 0 Å². The quantitative estimate of drug-likeness (QED) is 0.842. The number of hydrogen-bond acceptors (Lipinski definition) is 3. The number of rotatable bonds is 6. The zero-order chi connectivity index (χ0) is 12.9. The Bertz CT molecular complexity index is 335. The standard InChI is InChI=1S/C10H17F3N4/c1-3-6-17-9(7-15-16-17)8(14-2)4-5-10(11,12)13/h7-8,14H,3-6H2,1-2H3. The van der Waals surface area contributed by atoms with Gasteiger partial charge >= 0.3 is 6.18 Å². The van der Waals surface area contributed by atoms with Crippen LogP contribution >= 0.6 is 0 Å². The first kappa shape index (κ1) is 14.0. The molecule has 1 N–H and O–H groups in total. The van der Waals surface area contributed by atoms with Crippen LogP contribution in [-0.2, 0) is 6.54 Å². The van der Waals surface area contributed by atoms with Gasteiger partial charge in [0.15, 0.2) is 0 Å². The zero-order valence-corrected chi connectivity index (χ0v) is 9.96. The van der Waals surface area contributed by atoms with Crippen molar-refractivity contribution in [2.24, 2.45) is 0 Å². The molecule has 17 heavy (non-hydrogen) atoms. The molecule has 1 atom stereocenters. The highest BCUT2D eigenvalue weighted by Crippen LogP contribution is 2.27. The number of aromatic nitrogens is 3. The molecule has 1 aromatic rings. The van der Waals surface area contributed by atoms with Crippen LogP contribution in [0.2, 0.25) is 0 Å². The molecule has 0 amide bonds. The van der Waals surface area contributed by atoms with Crippen LogP contribution in [0, 0.1) is 0 Å². The molecule has 1 rings (SSSR count). The van der Waals surface area contributed by atoms with Gasteiger partial charge in [-0.1, -0.05) is 12.1 Å². The number of nitrogens with one attached hydrogen (secondary N) is 1. The molecule has 7 heteroatoms. The van der Waals surface area contributed by atoms with Crippen LogP contribution < -0.4 is 5.32 Å². The first-order valence-corrected chi connectivity index (χ1v) is 5.60. The van der Waals surface area contributed by atoms with Gasteiger partial charge < -0.3 is 5.32 Å². The summed E-state index contributed by atoms with van der Waals surface area (Å²) in [5.74, 6) is 0. The molecule has 0 radical (unpaired) electrons. The molecular formula is C10H17F3N4. The van der Waals surface area contributed by atoms with Crippen molar-refractivity contribution in [2.75, 3.05) is 7.05 Å². The van der Waals surface area contributed by atoms with E-state index in [0.717, 1.165) is 6.42 Å². The van der Waals surface area contributed by atoms with E-state index in [9.17, 15) is 13.2 Å². The van der Waals surface area contributed by atoms with Crippen molar-refractivity contribution in [1.82, 2.24) is 20.3 Å². The van der Waals surface area contributed by atoms with E-state index in [-0.39, 0.29) is 12.5 Å². The first-order valence-electron chi connectivity index (χ1n) is 5.60. The fourth-order valence-corrected chi connectivity index (χ4v) is 1.67. The van der Waals surface area contributed by atoms with Crippen molar-refractivity contribution in [3.8, 4) is 0 Å². The minimum atomic E-state index is -4.13. The molecule has 1 aromatic heterocycles. The van der Waals surface area contributed by atoms with Gasteiger partial charge in [0.05, 0.1) is 17.9 Å². The summed E-state index contributed by atoms with van der Waals surface area (Å²) in [7, 11) is 1.64. The second kappa shape index (κ2) is 6.00. The topological polar surface area (TPSA) is 42.7 Å². The van der Waals surface area contributed by atoms with Crippen molar-refractivity contribution in [3.63, 3.8) is 0 Å². The van der Waals surface area contributed by atoms with E-state index in [1.807, 2.05) is 6.92 Å². The fourth-order valence-electron chi connectivity index (χ4n) is 1.67. The molecule has 98 valence electrons. The van der Waals surface area contributed by atoms with Crippen molar-refractivity contribution in [2.45, 2.75) is 44.9 Å². The summed E-state index contributed by atoms with van der Waals surface area (Å²) in [6.07, 6.45) is -2.55. The van der Waals surface area contributed by atoms with Crippen molar-refractivity contribution in [1.29, 1.82) is 0 Å². The Morgan fingerprint density at radius 2 is 2.18 bits per heavy atom. The number of nitrogens with zero attached hydrogens (tertiary/aromatic N) is 3. The van der Waals surface area contributed by atoms with Gasteiger partial charge in [-0.15, -0.1) is 5.10 Å². The molecule has 0 aliphatic carbocycles. The molecule has 0 spiro atoms. The smallest absolute Gasteiger partial charge is 0.312 e. The van der Waals surface area contributed by atoms with Gasteiger partial charge in [-0.05, 0) is 19.9 Å². The molecule has 0 aliphatic heterocycles. The normalized spacial score (nSPS) is 13.9. The summed E-state index contributed by atoms with van der Waals surface area (Å²) in [4.78, 5) is 0. The van der Waals surface area contributed by atoms with Crippen LogP contribution in [0.1, 0.15) is 37.9 Å². The van der Waals surface area contributed by atoms with Gasteiger partial charge in [0.1, 0.15) is 0 Å². The Hall–Kier alpha value is -1.11. The number of aryl methyl sites for hydroxylation is 1. The van der Waals surface area contributed by atoms with E-state index >= 15 is 0 Å². The molecule has 4 nitrogen and oxygen atoms in total. The van der Waals surface area contributed by atoms with Crippen LogP contribution in [0.25, 0.3) is 0 Å². The summed E-state index contributed by atoms with van der Waals surface area (Å²) in [6, 6.07) is -0.363. The highest BCUT2D eigenvalue weighted by Gasteiger charge is 2.29. The average Bonchev–Trinajstić information content (AvgIpc) is 2.66. The Balaban J connectivity index is 2.69. The number of alkyl halides is 3. The lowest BCUT2D eigenvalue weighted by Gasteiger charge is -2.17. The molecule has 0 fully saturated rings. The van der Waals surface area contributed by atoms with E-state index < -0.39 is 12.6 Å². The molecule has 0 aromatic carbocycles. The van der Waals surface area contributed by atoms with Crippen molar-refractivity contribution < 1.29 is 13.2 Å². The molecule has 0 bridgehead atoms. The maximum absolute atomic E-state index is 12.2. The monoisotopic (exact) mass is 250 g/mol. The lowest BCUT2D eigenvalue weighted by atomic mass is 10.1. The zero-order valence-electron chi connectivity index (χ0n) is 9.96. The van der Waals surface area contributed by atoms with Crippen LogP contribution in [-0.4, -0.2) is 28.2 Å². The highest BCUT2D eigenvalue weighted by molar-refractivity contribution is 5.02. The third-order valence-electron chi connectivity index (χ3n) is 2.51. The predicted octanol–water partition coefficient (Wildman–Crippen LogP) is 2.29. The minimum absolute atomic E-state index is 0.00289. The molecule has 1 unspecified atom stereocenters. The van der Waals surface area contributed by atoms with Gasteiger partial charge in [0.25, 0.3) is 0 Å². The van der Waals surface area contributed by atoms with E-state index in [1.54, 1.807) is 11.7 Å². The van der Waals surface area contributed by atoms with E-state index in [2.05, 4.69) is 15.6 Å². The van der Waals surface area contributed by atoms with E-state index in [4.69, 9.17) is 0 Å². The highest BCUT2D eigenvalue weighted by atomic mass is 19.4. The van der Waals surface area contributed by atoms with Crippen LogP contribution in [0.15, 0.2) is 6.20 Å². The minimum Gasteiger partial charge on any atom is -0.312 e. The number of hydrogen-bond donors (Lipinski definition) is 1. The maximum atomic E-state index is 12.2. The second-order valence-electron chi connectivity index (χ2n) is 3.88. The molecular weight excluding hydrogens is 233 g/mol. The maximum Gasteiger partial charge on any atom is 0.389 e. The van der Waals surface area contributed by atoms with E-state index in [0.29, 0.717) is 12.2 Å². The van der Waals surface area contributed by atoms with E-state index in [1.165, 1.54) is 6.20 Å². The lowest BCUT2D eigenvalue weighted by Crippen LogP contribution is -2.22. The van der Waals surface area contributed by atoms with Gasteiger partial charge in [-0.3, -0.25) is 0 Å². The largest absolute Gasteiger partial charge is 0.389 e. The Kier molecular flexibility index (Phi) is 4.92. The SMILES string of the molecule is CCCn1nncc1C(CCC(F)(F)F)NC. The van der Waals surface area contributed by atoms with Crippen LogP contribution in [0.5, 0.6) is 0 Å². The molecule has 0 saturated carbocycles. The molecule has 0 saturated heterocycles. The Labute approximate surface area is 98.2 Å². The van der Waals surface area contributed by atoms with Crippen LogP contribution in [0.4, 0.5) is 13.2 Å². The molecule has 0 aliphatic rings. The summed E-state index contributed by atoms with van der Waals surface area (Å²) < 4.78 is 38.2. The van der Waals surface area contributed by atoms with Gasteiger partial charge in [0, 0.05) is 13.0 Å².